The normalized spacial score (nSPS) is 37.5. The van der Waals surface area contributed by atoms with E-state index in [9.17, 15) is 0 Å². The first-order valence-corrected chi connectivity index (χ1v) is 6.88. The van der Waals surface area contributed by atoms with Crippen LogP contribution in [-0.4, -0.2) is 0 Å². The number of fused-ring (bicyclic) bond motifs is 1. The van der Waals surface area contributed by atoms with Crippen molar-refractivity contribution in [3.05, 3.63) is 23.8 Å². The standard InChI is InChI=1S/C16H26/c1-5-13-7-6-12(2)15-11-16(3,4)9-8-14(15)10-13/h6,8-9,13-15H,5,7,10-11H2,1-4H3. The van der Waals surface area contributed by atoms with Crippen LogP contribution in [0, 0.1) is 23.2 Å². The van der Waals surface area contributed by atoms with E-state index in [1.54, 1.807) is 5.57 Å². The first-order valence-electron chi connectivity index (χ1n) is 6.88. The van der Waals surface area contributed by atoms with Crippen molar-refractivity contribution in [1.29, 1.82) is 0 Å². The van der Waals surface area contributed by atoms with Crippen LogP contribution < -0.4 is 0 Å². The molecule has 3 unspecified atom stereocenters. The average Bonchev–Trinajstić information content (AvgIpc) is 2.38. The summed E-state index contributed by atoms with van der Waals surface area (Å²) in [5.41, 5.74) is 2.06. The molecule has 0 amide bonds. The Hall–Kier alpha value is -0.520. The zero-order chi connectivity index (χ0) is 11.8. The van der Waals surface area contributed by atoms with E-state index in [1.165, 1.54) is 25.7 Å². The predicted molar refractivity (Wildman–Crippen MR) is 71.3 cm³/mol. The van der Waals surface area contributed by atoms with Gasteiger partial charge >= 0.3 is 0 Å². The molecule has 0 aromatic rings. The van der Waals surface area contributed by atoms with Gasteiger partial charge in [0.2, 0.25) is 0 Å². The van der Waals surface area contributed by atoms with Crippen LogP contribution in [0.15, 0.2) is 23.8 Å². The minimum Gasteiger partial charge on any atom is -0.0850 e. The van der Waals surface area contributed by atoms with Crippen molar-refractivity contribution in [2.24, 2.45) is 23.2 Å². The Bertz CT molecular complexity index is 306. The van der Waals surface area contributed by atoms with Gasteiger partial charge in [0.05, 0.1) is 0 Å². The topological polar surface area (TPSA) is 0 Å². The molecule has 0 heteroatoms. The van der Waals surface area contributed by atoms with Gasteiger partial charge in [-0.25, -0.2) is 0 Å². The summed E-state index contributed by atoms with van der Waals surface area (Å²) in [5, 5.41) is 0. The van der Waals surface area contributed by atoms with E-state index < -0.39 is 0 Å². The van der Waals surface area contributed by atoms with E-state index >= 15 is 0 Å². The molecule has 2 rings (SSSR count). The minimum absolute atomic E-state index is 0.405. The van der Waals surface area contributed by atoms with E-state index in [0.29, 0.717) is 5.41 Å². The highest BCUT2D eigenvalue weighted by Gasteiger charge is 2.33. The maximum absolute atomic E-state index is 2.52. The fraction of sp³-hybridized carbons (Fsp3) is 0.750. The second-order valence-corrected chi connectivity index (χ2v) is 6.52. The molecule has 0 aliphatic heterocycles. The summed E-state index contributed by atoms with van der Waals surface area (Å²) in [7, 11) is 0. The summed E-state index contributed by atoms with van der Waals surface area (Å²) in [6.07, 6.45) is 12.9. The van der Waals surface area contributed by atoms with Crippen molar-refractivity contribution < 1.29 is 0 Å². The van der Waals surface area contributed by atoms with Crippen molar-refractivity contribution in [3.8, 4) is 0 Å². The van der Waals surface area contributed by atoms with Crippen LogP contribution in [0.25, 0.3) is 0 Å². The second kappa shape index (κ2) is 4.39. The number of allylic oxidation sites excluding steroid dienone is 4. The molecule has 3 atom stereocenters. The van der Waals surface area contributed by atoms with Gasteiger partial charge in [0.25, 0.3) is 0 Å². The van der Waals surface area contributed by atoms with E-state index in [2.05, 4.69) is 45.9 Å². The number of hydrogen-bond donors (Lipinski definition) is 0. The lowest BCUT2D eigenvalue weighted by atomic mass is 9.68. The Morgan fingerprint density at radius 2 is 2.12 bits per heavy atom. The highest BCUT2D eigenvalue weighted by atomic mass is 14.4. The van der Waals surface area contributed by atoms with Gasteiger partial charge in [-0.15, -0.1) is 0 Å². The maximum atomic E-state index is 2.52. The van der Waals surface area contributed by atoms with Gasteiger partial charge in [-0.1, -0.05) is 51.0 Å². The number of hydrogen-bond acceptors (Lipinski definition) is 0. The lowest BCUT2D eigenvalue weighted by molar-refractivity contribution is 0.257. The molecule has 90 valence electrons. The van der Waals surface area contributed by atoms with Gasteiger partial charge in [-0.2, -0.15) is 0 Å². The molecule has 0 bridgehead atoms. The first-order chi connectivity index (χ1) is 7.52. The van der Waals surface area contributed by atoms with Gasteiger partial charge in [0.15, 0.2) is 0 Å². The average molecular weight is 218 g/mol. The molecular weight excluding hydrogens is 192 g/mol. The van der Waals surface area contributed by atoms with Crippen molar-refractivity contribution in [3.63, 3.8) is 0 Å². The Morgan fingerprint density at radius 3 is 2.81 bits per heavy atom. The Kier molecular flexibility index (Phi) is 3.28. The zero-order valence-electron chi connectivity index (χ0n) is 11.3. The van der Waals surface area contributed by atoms with Crippen LogP contribution in [0.5, 0.6) is 0 Å². The smallest absolute Gasteiger partial charge is 0.0135 e. The molecule has 0 fully saturated rings. The van der Waals surface area contributed by atoms with Gasteiger partial charge < -0.3 is 0 Å². The summed E-state index contributed by atoms with van der Waals surface area (Å²) in [4.78, 5) is 0. The summed E-state index contributed by atoms with van der Waals surface area (Å²) < 4.78 is 0. The van der Waals surface area contributed by atoms with Gasteiger partial charge in [-0.3, -0.25) is 0 Å². The van der Waals surface area contributed by atoms with Crippen LogP contribution in [0.3, 0.4) is 0 Å². The van der Waals surface area contributed by atoms with Crippen LogP contribution in [-0.2, 0) is 0 Å². The SMILES string of the molecule is CCC1CC=C(C)C2CC(C)(C)C=CC2C1. The maximum Gasteiger partial charge on any atom is -0.0135 e. The fourth-order valence-corrected chi connectivity index (χ4v) is 3.36. The highest BCUT2D eigenvalue weighted by molar-refractivity contribution is 5.18. The summed E-state index contributed by atoms with van der Waals surface area (Å²) in [5.74, 6) is 2.55. The van der Waals surface area contributed by atoms with E-state index in [4.69, 9.17) is 0 Å². The second-order valence-electron chi connectivity index (χ2n) is 6.52. The van der Waals surface area contributed by atoms with Crippen LogP contribution >= 0.6 is 0 Å². The molecule has 0 aromatic heterocycles. The molecular formula is C16H26. The third kappa shape index (κ3) is 2.42. The highest BCUT2D eigenvalue weighted by Crippen LogP contribution is 2.45. The van der Waals surface area contributed by atoms with Gasteiger partial charge in [-0.05, 0) is 49.4 Å². The quantitative estimate of drug-likeness (QED) is 0.545. The van der Waals surface area contributed by atoms with Crippen LogP contribution in [0.4, 0.5) is 0 Å². The molecule has 0 nitrogen and oxygen atoms in total. The largest absolute Gasteiger partial charge is 0.0850 e. The van der Waals surface area contributed by atoms with E-state index in [0.717, 1.165) is 17.8 Å². The third-order valence-corrected chi connectivity index (χ3v) is 4.60. The van der Waals surface area contributed by atoms with Crippen molar-refractivity contribution in [2.75, 3.05) is 0 Å². The summed E-state index contributed by atoms with van der Waals surface area (Å²) in [6.45, 7) is 9.43. The molecule has 2 aliphatic rings. The lowest BCUT2D eigenvalue weighted by Gasteiger charge is -2.36. The summed E-state index contributed by atoms with van der Waals surface area (Å²) >= 11 is 0. The molecule has 0 saturated heterocycles. The Morgan fingerprint density at radius 1 is 1.38 bits per heavy atom. The molecule has 2 aliphatic carbocycles. The van der Waals surface area contributed by atoms with E-state index in [-0.39, 0.29) is 0 Å². The molecule has 0 radical (unpaired) electrons. The molecule has 16 heavy (non-hydrogen) atoms. The fourth-order valence-electron chi connectivity index (χ4n) is 3.36. The lowest BCUT2D eigenvalue weighted by Crippen LogP contribution is -2.26. The Labute approximate surface area is 101 Å². The van der Waals surface area contributed by atoms with Crippen LogP contribution in [0.2, 0.25) is 0 Å². The molecule has 0 spiro atoms. The summed E-state index contributed by atoms with van der Waals surface area (Å²) in [6, 6.07) is 0. The van der Waals surface area contributed by atoms with E-state index in [1.807, 2.05) is 0 Å². The zero-order valence-corrected chi connectivity index (χ0v) is 11.3. The Balaban J connectivity index is 2.23. The van der Waals surface area contributed by atoms with Gasteiger partial charge in [0.1, 0.15) is 0 Å². The van der Waals surface area contributed by atoms with Gasteiger partial charge in [0, 0.05) is 0 Å². The molecule has 0 N–H and O–H groups in total. The third-order valence-electron chi connectivity index (χ3n) is 4.60. The monoisotopic (exact) mass is 218 g/mol. The van der Waals surface area contributed by atoms with Crippen molar-refractivity contribution in [2.45, 2.75) is 53.4 Å². The molecule has 0 saturated carbocycles. The first kappa shape index (κ1) is 12.0. The molecule has 0 aromatic carbocycles. The predicted octanol–water partition coefficient (Wildman–Crippen LogP) is 4.97. The minimum atomic E-state index is 0.405. The van der Waals surface area contributed by atoms with Crippen molar-refractivity contribution in [1.82, 2.24) is 0 Å². The van der Waals surface area contributed by atoms with Crippen LogP contribution in [0.1, 0.15) is 53.4 Å². The number of rotatable bonds is 1. The molecule has 0 heterocycles. The van der Waals surface area contributed by atoms with Crippen molar-refractivity contribution >= 4 is 0 Å².